The number of H-pyrrole nitrogens is 1. The summed E-state index contributed by atoms with van der Waals surface area (Å²) in [6.45, 7) is 2.05. The van der Waals surface area contributed by atoms with Crippen molar-refractivity contribution in [1.82, 2.24) is 20.0 Å². The molecule has 0 fully saturated rings. The van der Waals surface area contributed by atoms with Crippen LogP contribution in [0.15, 0.2) is 24.3 Å². The lowest BCUT2D eigenvalue weighted by Gasteiger charge is -2.04. The Hall–Kier alpha value is -2.50. The lowest BCUT2D eigenvalue weighted by atomic mass is 10.2. The highest BCUT2D eigenvalue weighted by atomic mass is 16.5. The molecule has 0 atom stereocenters. The molecular weight excluding hydrogens is 242 g/mol. The van der Waals surface area contributed by atoms with Crippen LogP contribution in [0.1, 0.15) is 12.6 Å². The lowest BCUT2D eigenvalue weighted by molar-refractivity contribution is 0.414. The minimum atomic E-state index is 0.556. The number of benzene rings is 1. The number of hydrogen-bond donors (Lipinski definition) is 2. The van der Waals surface area contributed by atoms with Crippen molar-refractivity contribution in [2.45, 2.75) is 13.3 Å². The van der Waals surface area contributed by atoms with E-state index in [0.717, 1.165) is 34.6 Å². The molecule has 6 heteroatoms. The molecule has 0 radical (unpaired) electrons. The van der Waals surface area contributed by atoms with Gasteiger partial charge in [0.2, 0.25) is 0 Å². The molecule has 0 unspecified atom stereocenters. The fourth-order valence-corrected chi connectivity index (χ4v) is 2.17. The zero-order valence-corrected chi connectivity index (χ0v) is 10.8. The molecule has 0 spiro atoms. The molecular formula is C13H15N5O. The van der Waals surface area contributed by atoms with Crippen LogP contribution in [-0.2, 0) is 6.42 Å². The lowest BCUT2D eigenvalue weighted by Crippen LogP contribution is -1.99. The smallest absolute Gasteiger partial charge is 0.186 e. The quantitative estimate of drug-likeness (QED) is 0.750. The monoisotopic (exact) mass is 257 g/mol. The summed E-state index contributed by atoms with van der Waals surface area (Å²) in [7, 11) is 1.64. The summed E-state index contributed by atoms with van der Waals surface area (Å²) in [5, 5.41) is 12.5. The highest BCUT2D eigenvalue weighted by Crippen LogP contribution is 2.26. The van der Waals surface area contributed by atoms with Crippen LogP contribution in [0.25, 0.3) is 16.7 Å². The number of methoxy groups -OCH3 is 1. The molecule has 6 nitrogen and oxygen atoms in total. The Bertz CT molecular complexity index is 728. The first-order valence-corrected chi connectivity index (χ1v) is 6.10. The van der Waals surface area contributed by atoms with E-state index in [1.165, 1.54) is 0 Å². The molecule has 2 heterocycles. The number of nitrogen functional groups attached to an aromatic ring is 1. The minimum absolute atomic E-state index is 0.556. The van der Waals surface area contributed by atoms with Crippen LogP contribution < -0.4 is 10.5 Å². The first kappa shape index (κ1) is 11.6. The second-order valence-corrected chi connectivity index (χ2v) is 4.25. The molecule has 0 amide bonds. The Balaban J connectivity index is 2.24. The van der Waals surface area contributed by atoms with Crippen molar-refractivity contribution in [3.8, 4) is 11.4 Å². The van der Waals surface area contributed by atoms with Gasteiger partial charge < -0.3 is 10.5 Å². The van der Waals surface area contributed by atoms with E-state index in [1.807, 2.05) is 31.2 Å². The van der Waals surface area contributed by atoms with Crippen LogP contribution in [0.2, 0.25) is 0 Å². The normalized spacial score (nSPS) is 11.1. The van der Waals surface area contributed by atoms with E-state index >= 15 is 0 Å². The molecule has 0 saturated heterocycles. The van der Waals surface area contributed by atoms with Gasteiger partial charge in [-0.1, -0.05) is 13.0 Å². The van der Waals surface area contributed by atoms with E-state index in [1.54, 1.807) is 11.8 Å². The average Bonchev–Trinajstić information content (AvgIpc) is 3.00. The predicted molar refractivity (Wildman–Crippen MR) is 73.6 cm³/mol. The highest BCUT2D eigenvalue weighted by Gasteiger charge is 2.16. The maximum atomic E-state index is 5.90. The van der Waals surface area contributed by atoms with Gasteiger partial charge in [0.15, 0.2) is 5.65 Å². The van der Waals surface area contributed by atoms with Gasteiger partial charge in [0, 0.05) is 6.07 Å². The first-order valence-electron chi connectivity index (χ1n) is 6.10. The standard InChI is InChI=1S/C13H15N5O/c1-3-10-11-12(14)15-16-13(11)18(17-10)8-5-4-6-9(7-8)19-2/h4-7H,3H2,1-2H3,(H3,14,15,16). The molecule has 0 aliphatic rings. The number of hydrogen-bond acceptors (Lipinski definition) is 4. The van der Waals surface area contributed by atoms with Gasteiger partial charge in [0.25, 0.3) is 0 Å². The number of nitrogens with zero attached hydrogens (tertiary/aromatic N) is 3. The van der Waals surface area contributed by atoms with E-state index in [9.17, 15) is 0 Å². The van der Waals surface area contributed by atoms with E-state index in [4.69, 9.17) is 10.5 Å². The van der Waals surface area contributed by atoms with Crippen molar-refractivity contribution >= 4 is 16.9 Å². The number of aromatic nitrogens is 4. The maximum Gasteiger partial charge on any atom is 0.186 e. The van der Waals surface area contributed by atoms with Gasteiger partial charge in [-0.05, 0) is 18.6 Å². The van der Waals surface area contributed by atoms with E-state index in [-0.39, 0.29) is 0 Å². The van der Waals surface area contributed by atoms with Gasteiger partial charge in [-0.15, -0.1) is 0 Å². The third kappa shape index (κ3) is 1.72. The maximum absolute atomic E-state index is 5.90. The summed E-state index contributed by atoms with van der Waals surface area (Å²) in [5.74, 6) is 1.34. The van der Waals surface area contributed by atoms with E-state index in [2.05, 4.69) is 15.3 Å². The van der Waals surface area contributed by atoms with Gasteiger partial charge >= 0.3 is 0 Å². The average molecular weight is 257 g/mol. The van der Waals surface area contributed by atoms with Crippen LogP contribution in [0.3, 0.4) is 0 Å². The largest absolute Gasteiger partial charge is 0.497 e. The SMILES string of the molecule is CCc1nn(-c2cccc(OC)c2)c2n[nH]c(N)c12. The molecule has 19 heavy (non-hydrogen) atoms. The number of nitrogens with one attached hydrogen (secondary N) is 1. The predicted octanol–water partition coefficient (Wildman–Crippen LogP) is 1.90. The van der Waals surface area contributed by atoms with Gasteiger partial charge in [-0.3, -0.25) is 5.10 Å². The van der Waals surface area contributed by atoms with Crippen LogP contribution in [0.5, 0.6) is 5.75 Å². The zero-order chi connectivity index (χ0) is 13.4. The molecule has 2 aromatic heterocycles. The number of anilines is 1. The summed E-state index contributed by atoms with van der Waals surface area (Å²) in [4.78, 5) is 0. The zero-order valence-electron chi connectivity index (χ0n) is 10.8. The summed E-state index contributed by atoms with van der Waals surface area (Å²) >= 11 is 0. The van der Waals surface area contributed by atoms with Crippen molar-refractivity contribution in [2.24, 2.45) is 0 Å². The third-order valence-corrected chi connectivity index (χ3v) is 3.12. The van der Waals surface area contributed by atoms with Crippen LogP contribution >= 0.6 is 0 Å². The van der Waals surface area contributed by atoms with Crippen molar-refractivity contribution in [3.05, 3.63) is 30.0 Å². The number of nitrogens with two attached hydrogens (primary N) is 1. The Labute approximate surface area is 110 Å². The fraction of sp³-hybridized carbons (Fsp3) is 0.231. The molecule has 0 aliphatic heterocycles. The van der Waals surface area contributed by atoms with Crippen molar-refractivity contribution < 1.29 is 4.74 Å². The van der Waals surface area contributed by atoms with Crippen molar-refractivity contribution in [2.75, 3.05) is 12.8 Å². The molecule has 0 aliphatic carbocycles. The topological polar surface area (TPSA) is 81.8 Å². The van der Waals surface area contributed by atoms with Crippen LogP contribution in [-0.4, -0.2) is 27.1 Å². The minimum Gasteiger partial charge on any atom is -0.497 e. The van der Waals surface area contributed by atoms with Crippen LogP contribution in [0.4, 0.5) is 5.82 Å². The Morgan fingerprint density at radius 3 is 3.00 bits per heavy atom. The molecule has 0 bridgehead atoms. The first-order chi connectivity index (χ1) is 9.24. The Morgan fingerprint density at radius 1 is 1.42 bits per heavy atom. The van der Waals surface area contributed by atoms with Gasteiger partial charge in [-0.25, -0.2) is 4.68 Å². The van der Waals surface area contributed by atoms with E-state index in [0.29, 0.717) is 5.82 Å². The van der Waals surface area contributed by atoms with Gasteiger partial charge in [0.05, 0.1) is 23.9 Å². The molecule has 3 aromatic rings. The number of fused-ring (bicyclic) bond motifs is 1. The van der Waals surface area contributed by atoms with E-state index < -0.39 is 0 Å². The highest BCUT2D eigenvalue weighted by molar-refractivity contribution is 5.89. The van der Waals surface area contributed by atoms with Gasteiger partial charge in [0.1, 0.15) is 11.6 Å². The Morgan fingerprint density at radius 2 is 2.26 bits per heavy atom. The summed E-state index contributed by atoms with van der Waals surface area (Å²) in [6.07, 6.45) is 0.803. The van der Waals surface area contributed by atoms with Crippen LogP contribution in [0, 0.1) is 0 Å². The number of rotatable bonds is 3. The summed E-state index contributed by atoms with van der Waals surface area (Å²) in [6, 6.07) is 7.68. The summed E-state index contributed by atoms with van der Waals surface area (Å²) in [5.41, 5.74) is 8.48. The number of aryl methyl sites for hydroxylation is 1. The second-order valence-electron chi connectivity index (χ2n) is 4.25. The summed E-state index contributed by atoms with van der Waals surface area (Å²) < 4.78 is 7.01. The number of aromatic amines is 1. The van der Waals surface area contributed by atoms with Crippen molar-refractivity contribution in [3.63, 3.8) is 0 Å². The van der Waals surface area contributed by atoms with Gasteiger partial charge in [-0.2, -0.15) is 10.2 Å². The fourth-order valence-electron chi connectivity index (χ4n) is 2.17. The third-order valence-electron chi connectivity index (χ3n) is 3.12. The molecule has 3 rings (SSSR count). The molecule has 3 N–H and O–H groups in total. The molecule has 0 saturated carbocycles. The number of ether oxygens (including phenoxy) is 1. The molecule has 98 valence electrons. The van der Waals surface area contributed by atoms with Crippen molar-refractivity contribution in [1.29, 1.82) is 0 Å². The second kappa shape index (κ2) is 4.31. The Kier molecular flexibility index (Phi) is 2.63. The molecule has 1 aromatic carbocycles.